The molecule has 0 aromatic heterocycles. The Bertz CT molecular complexity index is 836. The molecule has 0 radical (unpaired) electrons. The van der Waals surface area contributed by atoms with Crippen molar-refractivity contribution in [3.63, 3.8) is 0 Å². The summed E-state index contributed by atoms with van der Waals surface area (Å²) in [6, 6.07) is 8.03. The first kappa shape index (κ1) is 22.5. The van der Waals surface area contributed by atoms with E-state index in [1.165, 1.54) is 6.42 Å². The van der Waals surface area contributed by atoms with E-state index in [2.05, 4.69) is 0 Å². The summed E-state index contributed by atoms with van der Waals surface area (Å²) in [5, 5.41) is 0. The molecule has 1 aromatic rings. The number of rotatable bonds is 8. The lowest BCUT2D eigenvalue weighted by Crippen LogP contribution is -2.40. The summed E-state index contributed by atoms with van der Waals surface area (Å²) in [5.41, 5.74) is 0.879. The van der Waals surface area contributed by atoms with Crippen LogP contribution in [-0.2, 0) is 16.0 Å². The molecule has 4 fully saturated rings. The van der Waals surface area contributed by atoms with Crippen LogP contribution in [0.2, 0.25) is 0 Å². The van der Waals surface area contributed by atoms with Gasteiger partial charge in [0.25, 0.3) is 0 Å². The molecule has 0 bridgehead atoms. The van der Waals surface area contributed by atoms with Gasteiger partial charge in [-0.05, 0) is 93.7 Å². The van der Waals surface area contributed by atoms with E-state index in [9.17, 15) is 9.59 Å². The van der Waals surface area contributed by atoms with Gasteiger partial charge in [0.1, 0.15) is 11.4 Å². The van der Waals surface area contributed by atoms with E-state index < -0.39 is 0 Å². The Morgan fingerprint density at radius 1 is 1.00 bits per heavy atom. The quantitative estimate of drug-likeness (QED) is 0.573. The summed E-state index contributed by atoms with van der Waals surface area (Å²) in [4.78, 5) is 28.5. The average molecular weight is 455 g/mol. The Morgan fingerprint density at radius 2 is 1.70 bits per heavy atom. The number of amides is 2. The van der Waals surface area contributed by atoms with Crippen LogP contribution >= 0.6 is 0 Å². The van der Waals surface area contributed by atoms with Gasteiger partial charge in [-0.15, -0.1) is 0 Å². The lowest BCUT2D eigenvalue weighted by Gasteiger charge is -2.32. The number of carbonyl (C=O) groups is 2. The van der Waals surface area contributed by atoms with Crippen LogP contribution < -0.4 is 4.74 Å². The first-order valence-electron chi connectivity index (χ1n) is 13.0. The first-order chi connectivity index (χ1) is 16.0. The van der Waals surface area contributed by atoms with Crippen LogP contribution in [0, 0.1) is 17.8 Å². The molecule has 180 valence electrons. The topological polar surface area (TPSA) is 59.1 Å². The van der Waals surface area contributed by atoms with Gasteiger partial charge in [0.2, 0.25) is 5.91 Å². The molecule has 33 heavy (non-hydrogen) atoms. The van der Waals surface area contributed by atoms with E-state index in [1.54, 1.807) is 0 Å². The van der Waals surface area contributed by atoms with Gasteiger partial charge < -0.3 is 19.3 Å². The maximum atomic E-state index is 12.3. The normalized spacial score (nSPS) is 26.2. The van der Waals surface area contributed by atoms with Crippen molar-refractivity contribution in [1.82, 2.24) is 9.80 Å². The van der Waals surface area contributed by atoms with E-state index in [1.807, 2.05) is 41.0 Å². The minimum absolute atomic E-state index is 0.111. The maximum absolute atomic E-state index is 12.3. The molecule has 6 heteroatoms. The largest absolute Gasteiger partial charge is 0.494 e. The van der Waals surface area contributed by atoms with Crippen molar-refractivity contribution in [2.75, 3.05) is 32.8 Å². The number of piperidine rings is 1. The molecule has 5 rings (SSSR count). The van der Waals surface area contributed by atoms with Crippen molar-refractivity contribution in [1.29, 1.82) is 0 Å². The number of nitrogens with zero attached hydrogens (tertiary/aromatic N) is 2. The minimum Gasteiger partial charge on any atom is -0.494 e. The maximum Gasteiger partial charge on any atom is 0.410 e. The Morgan fingerprint density at radius 3 is 2.36 bits per heavy atom. The third kappa shape index (κ3) is 5.82. The number of likely N-dealkylation sites (tertiary alicyclic amines) is 2. The van der Waals surface area contributed by atoms with Crippen LogP contribution in [0.5, 0.6) is 5.75 Å². The number of carbonyl (C=O) groups excluding carboxylic acids is 2. The van der Waals surface area contributed by atoms with Gasteiger partial charge in [0, 0.05) is 26.2 Å². The first-order valence-corrected chi connectivity index (χ1v) is 13.0. The van der Waals surface area contributed by atoms with Gasteiger partial charge in [-0.1, -0.05) is 12.1 Å². The molecular weight excluding hydrogens is 416 g/mol. The van der Waals surface area contributed by atoms with Crippen LogP contribution in [0.4, 0.5) is 4.79 Å². The second-order valence-electron chi connectivity index (χ2n) is 10.8. The lowest BCUT2D eigenvalue weighted by atomic mass is 9.91. The molecule has 2 aliphatic carbocycles. The highest BCUT2D eigenvalue weighted by Crippen LogP contribution is 2.50. The summed E-state index contributed by atoms with van der Waals surface area (Å²) < 4.78 is 11.6. The zero-order valence-corrected chi connectivity index (χ0v) is 20.0. The number of benzene rings is 1. The summed E-state index contributed by atoms with van der Waals surface area (Å²) in [6.07, 6.45) is 9.25. The molecule has 4 aliphatic rings. The highest BCUT2D eigenvalue weighted by atomic mass is 16.6. The number of hydrogen-bond donors (Lipinski definition) is 0. The highest BCUT2D eigenvalue weighted by Gasteiger charge is 2.45. The Balaban J connectivity index is 0.973. The molecule has 2 unspecified atom stereocenters. The van der Waals surface area contributed by atoms with Gasteiger partial charge in [-0.3, -0.25) is 4.79 Å². The summed E-state index contributed by atoms with van der Waals surface area (Å²) >= 11 is 0. The third-order valence-corrected chi connectivity index (χ3v) is 8.16. The van der Waals surface area contributed by atoms with Crippen LogP contribution in [0.25, 0.3) is 0 Å². The second kappa shape index (κ2) is 9.55. The minimum atomic E-state index is -0.180. The lowest BCUT2D eigenvalue weighted by molar-refractivity contribution is -0.129. The SMILES string of the molecule is CC1(OC(=O)N2CCC(C3CC3CCOc3ccc(CC(=O)N4CCCC4)cc3)CC2)CC1. The van der Waals surface area contributed by atoms with Gasteiger partial charge in [0.05, 0.1) is 13.0 Å². The van der Waals surface area contributed by atoms with E-state index in [4.69, 9.17) is 9.47 Å². The number of hydrogen-bond acceptors (Lipinski definition) is 4. The fourth-order valence-electron chi connectivity index (χ4n) is 5.53. The van der Waals surface area contributed by atoms with Crippen molar-refractivity contribution in [3.8, 4) is 5.75 Å². The predicted octanol–water partition coefficient (Wildman–Crippen LogP) is 4.66. The molecule has 2 saturated carbocycles. The fourth-order valence-corrected chi connectivity index (χ4v) is 5.53. The molecule has 6 nitrogen and oxygen atoms in total. The van der Waals surface area contributed by atoms with Crippen LogP contribution in [-0.4, -0.2) is 60.2 Å². The summed E-state index contributed by atoms with van der Waals surface area (Å²) in [7, 11) is 0. The van der Waals surface area contributed by atoms with Gasteiger partial charge in [0.15, 0.2) is 0 Å². The Labute approximate surface area is 197 Å². The monoisotopic (exact) mass is 454 g/mol. The molecule has 2 amide bonds. The highest BCUT2D eigenvalue weighted by molar-refractivity contribution is 5.79. The standard InChI is InChI=1S/C27H38N2O4/c1-27(11-12-27)33-26(31)29-15-8-21(9-16-29)24-19-22(24)10-17-32-23-6-4-20(5-7-23)18-25(30)28-13-2-3-14-28/h4-7,21-22,24H,2-3,8-19H2,1H3. The van der Waals surface area contributed by atoms with E-state index in [0.29, 0.717) is 6.42 Å². The van der Waals surface area contributed by atoms with Crippen molar-refractivity contribution < 1.29 is 19.1 Å². The van der Waals surface area contributed by atoms with Crippen molar-refractivity contribution in [3.05, 3.63) is 29.8 Å². The van der Waals surface area contributed by atoms with Crippen molar-refractivity contribution in [2.24, 2.45) is 17.8 Å². The molecule has 1 aromatic carbocycles. The van der Waals surface area contributed by atoms with Gasteiger partial charge in [-0.2, -0.15) is 0 Å². The average Bonchev–Trinajstić information content (AvgIpc) is 3.69. The van der Waals surface area contributed by atoms with E-state index in [-0.39, 0.29) is 17.6 Å². The van der Waals surface area contributed by atoms with Crippen molar-refractivity contribution in [2.45, 2.75) is 70.3 Å². The van der Waals surface area contributed by atoms with Crippen molar-refractivity contribution >= 4 is 12.0 Å². The molecule has 0 N–H and O–H groups in total. The molecule has 2 heterocycles. The van der Waals surface area contributed by atoms with Crippen LogP contribution in [0.15, 0.2) is 24.3 Å². The van der Waals surface area contributed by atoms with Gasteiger partial charge >= 0.3 is 6.09 Å². The third-order valence-electron chi connectivity index (χ3n) is 8.16. The smallest absolute Gasteiger partial charge is 0.410 e. The number of ether oxygens (including phenoxy) is 2. The molecular formula is C27H38N2O4. The van der Waals surface area contributed by atoms with E-state index in [0.717, 1.165) is 107 Å². The van der Waals surface area contributed by atoms with Gasteiger partial charge in [-0.25, -0.2) is 4.79 Å². The Kier molecular flexibility index (Phi) is 6.53. The molecule has 2 saturated heterocycles. The second-order valence-corrected chi connectivity index (χ2v) is 10.8. The predicted molar refractivity (Wildman–Crippen MR) is 126 cm³/mol. The molecule has 0 spiro atoms. The zero-order chi connectivity index (χ0) is 22.8. The van der Waals surface area contributed by atoms with E-state index >= 15 is 0 Å². The zero-order valence-electron chi connectivity index (χ0n) is 20.0. The van der Waals surface area contributed by atoms with Crippen LogP contribution in [0.1, 0.15) is 63.9 Å². The molecule has 2 aliphatic heterocycles. The summed E-state index contributed by atoms with van der Waals surface area (Å²) in [5.74, 6) is 3.42. The van der Waals surface area contributed by atoms with Crippen LogP contribution in [0.3, 0.4) is 0 Å². The molecule has 2 atom stereocenters. The Hall–Kier alpha value is -2.24. The summed E-state index contributed by atoms with van der Waals surface area (Å²) in [6.45, 7) is 6.27. The fraction of sp³-hybridized carbons (Fsp3) is 0.704.